The Balaban J connectivity index is 1.73. The van der Waals surface area contributed by atoms with Gasteiger partial charge in [-0.15, -0.1) is 0 Å². The number of hydrogen-bond acceptors (Lipinski definition) is 3. The number of amides is 2. The van der Waals surface area contributed by atoms with Crippen LogP contribution in [0, 0.1) is 5.82 Å². The lowest BCUT2D eigenvalue weighted by Crippen LogP contribution is -2.37. The molecule has 1 aromatic rings. The summed E-state index contributed by atoms with van der Waals surface area (Å²) in [6, 6.07) is 6.53. The van der Waals surface area contributed by atoms with E-state index in [9.17, 15) is 14.0 Å². The number of rotatable bonds is 8. The summed E-state index contributed by atoms with van der Waals surface area (Å²) in [4.78, 5) is 25.2. The summed E-state index contributed by atoms with van der Waals surface area (Å²) < 4.78 is 19.1. The van der Waals surface area contributed by atoms with Gasteiger partial charge in [0.25, 0.3) is 0 Å². The molecule has 1 atom stereocenters. The first-order valence-electron chi connectivity index (χ1n) is 8.43. The third kappa shape index (κ3) is 5.92. The fourth-order valence-electron chi connectivity index (χ4n) is 2.74. The van der Waals surface area contributed by atoms with E-state index in [-0.39, 0.29) is 30.2 Å². The van der Waals surface area contributed by atoms with E-state index in [4.69, 9.17) is 4.74 Å². The van der Waals surface area contributed by atoms with Crippen LogP contribution in [-0.2, 0) is 20.7 Å². The van der Waals surface area contributed by atoms with Gasteiger partial charge >= 0.3 is 0 Å². The molecule has 0 radical (unpaired) electrons. The van der Waals surface area contributed by atoms with Crippen LogP contribution in [0.15, 0.2) is 24.3 Å². The largest absolute Gasteiger partial charge is 0.376 e. The monoisotopic (exact) mass is 336 g/mol. The zero-order valence-corrected chi connectivity index (χ0v) is 14.1. The van der Waals surface area contributed by atoms with E-state index >= 15 is 0 Å². The van der Waals surface area contributed by atoms with Gasteiger partial charge in [0.2, 0.25) is 11.8 Å². The van der Waals surface area contributed by atoms with Crippen LogP contribution in [0.4, 0.5) is 4.39 Å². The maximum atomic E-state index is 13.6. The van der Waals surface area contributed by atoms with Gasteiger partial charge in [0.1, 0.15) is 5.82 Å². The summed E-state index contributed by atoms with van der Waals surface area (Å²) >= 11 is 0. The molecular weight excluding hydrogens is 311 g/mol. The molecule has 24 heavy (non-hydrogen) atoms. The molecule has 1 heterocycles. The first-order chi connectivity index (χ1) is 11.6. The number of nitrogens with zero attached hydrogens (tertiary/aromatic N) is 1. The summed E-state index contributed by atoms with van der Waals surface area (Å²) in [5.41, 5.74) is 0.576. The highest BCUT2D eigenvalue weighted by Crippen LogP contribution is 2.11. The average Bonchev–Trinajstić information content (AvgIpc) is 3.07. The van der Waals surface area contributed by atoms with Crippen molar-refractivity contribution in [2.24, 2.45) is 0 Å². The zero-order valence-electron chi connectivity index (χ0n) is 14.1. The van der Waals surface area contributed by atoms with Gasteiger partial charge < -0.3 is 15.0 Å². The molecule has 0 saturated carbocycles. The van der Waals surface area contributed by atoms with E-state index in [2.05, 4.69) is 5.32 Å². The number of ether oxygens (including phenoxy) is 1. The molecule has 1 unspecified atom stereocenters. The van der Waals surface area contributed by atoms with Crippen molar-refractivity contribution in [3.63, 3.8) is 0 Å². The lowest BCUT2D eigenvalue weighted by atomic mass is 10.1. The molecule has 132 valence electrons. The fourth-order valence-corrected chi connectivity index (χ4v) is 2.74. The zero-order chi connectivity index (χ0) is 17.4. The van der Waals surface area contributed by atoms with Crippen molar-refractivity contribution in [1.82, 2.24) is 10.2 Å². The highest BCUT2D eigenvalue weighted by atomic mass is 19.1. The van der Waals surface area contributed by atoms with Crippen molar-refractivity contribution in [1.29, 1.82) is 0 Å². The molecule has 2 rings (SSSR count). The number of nitrogens with one attached hydrogen (secondary N) is 1. The molecule has 5 nitrogen and oxygen atoms in total. The van der Waals surface area contributed by atoms with Crippen LogP contribution in [0.2, 0.25) is 0 Å². The Morgan fingerprint density at radius 1 is 1.33 bits per heavy atom. The van der Waals surface area contributed by atoms with Gasteiger partial charge in [-0.2, -0.15) is 0 Å². The summed E-state index contributed by atoms with van der Waals surface area (Å²) in [7, 11) is 0. The van der Waals surface area contributed by atoms with Gasteiger partial charge in [0.05, 0.1) is 6.10 Å². The van der Waals surface area contributed by atoms with Gasteiger partial charge in [-0.05, 0) is 30.9 Å². The van der Waals surface area contributed by atoms with Crippen LogP contribution in [0.5, 0.6) is 0 Å². The lowest BCUT2D eigenvalue weighted by molar-refractivity contribution is -0.129. The normalized spacial score (nSPS) is 16.8. The number of halogens is 1. The van der Waals surface area contributed by atoms with Crippen LogP contribution < -0.4 is 5.32 Å². The molecule has 0 bridgehead atoms. The van der Waals surface area contributed by atoms with Crippen molar-refractivity contribution in [2.45, 2.75) is 38.7 Å². The molecule has 1 N–H and O–H groups in total. The summed E-state index contributed by atoms with van der Waals surface area (Å²) in [5.74, 6) is -0.476. The van der Waals surface area contributed by atoms with E-state index in [0.29, 0.717) is 31.6 Å². The first kappa shape index (κ1) is 18.4. The average molecular weight is 336 g/mol. The Morgan fingerprint density at radius 2 is 2.12 bits per heavy atom. The van der Waals surface area contributed by atoms with Crippen molar-refractivity contribution >= 4 is 11.8 Å². The number of hydrogen-bond donors (Lipinski definition) is 1. The van der Waals surface area contributed by atoms with E-state index in [1.807, 2.05) is 0 Å². The maximum absolute atomic E-state index is 13.6. The predicted octanol–water partition coefficient (Wildman–Crippen LogP) is 1.90. The molecular formula is C18H25FN2O3. The summed E-state index contributed by atoms with van der Waals surface area (Å²) in [6.07, 6.45) is 2.80. The minimum Gasteiger partial charge on any atom is -0.376 e. The highest BCUT2D eigenvalue weighted by Gasteiger charge is 2.17. The quantitative estimate of drug-likeness (QED) is 0.789. The second kappa shape index (κ2) is 9.37. The molecule has 1 aromatic carbocycles. The van der Waals surface area contributed by atoms with Crippen LogP contribution in [0.3, 0.4) is 0 Å². The second-order valence-electron chi connectivity index (χ2n) is 6.04. The Labute approximate surface area is 142 Å². The molecule has 0 aliphatic carbocycles. The van der Waals surface area contributed by atoms with Crippen LogP contribution in [0.1, 0.15) is 31.7 Å². The van der Waals surface area contributed by atoms with Gasteiger partial charge in [-0.1, -0.05) is 18.2 Å². The topological polar surface area (TPSA) is 58.6 Å². The molecule has 2 amide bonds. The molecule has 1 saturated heterocycles. The summed E-state index contributed by atoms with van der Waals surface area (Å²) in [6.45, 7) is 3.48. The van der Waals surface area contributed by atoms with Crippen molar-refractivity contribution < 1.29 is 18.7 Å². The summed E-state index contributed by atoms with van der Waals surface area (Å²) in [5, 5.41) is 2.84. The molecule has 1 fully saturated rings. The third-order valence-corrected chi connectivity index (χ3v) is 4.21. The van der Waals surface area contributed by atoms with E-state index in [0.717, 1.165) is 19.4 Å². The fraction of sp³-hybridized carbons (Fsp3) is 0.556. The Morgan fingerprint density at radius 3 is 2.79 bits per heavy atom. The van der Waals surface area contributed by atoms with Gasteiger partial charge in [-0.25, -0.2) is 4.39 Å². The Hall–Kier alpha value is -1.95. The molecule has 0 aromatic heterocycles. The van der Waals surface area contributed by atoms with E-state index in [1.165, 1.54) is 13.0 Å². The third-order valence-electron chi connectivity index (χ3n) is 4.21. The van der Waals surface area contributed by atoms with Crippen LogP contribution in [-0.4, -0.2) is 49.1 Å². The van der Waals surface area contributed by atoms with E-state index in [1.54, 1.807) is 23.1 Å². The van der Waals surface area contributed by atoms with E-state index < -0.39 is 0 Å². The number of carbonyl (C=O) groups excluding carboxylic acids is 2. The smallest absolute Gasteiger partial charge is 0.221 e. The van der Waals surface area contributed by atoms with Crippen LogP contribution in [0.25, 0.3) is 0 Å². The van der Waals surface area contributed by atoms with Crippen molar-refractivity contribution in [3.05, 3.63) is 35.6 Å². The Kier molecular flexibility index (Phi) is 7.18. The van der Waals surface area contributed by atoms with Gasteiger partial charge in [0.15, 0.2) is 0 Å². The minimum atomic E-state index is -0.268. The first-order valence-corrected chi connectivity index (χ1v) is 8.43. The minimum absolute atomic E-state index is 0.0948. The Bertz CT molecular complexity index is 559. The van der Waals surface area contributed by atoms with Crippen molar-refractivity contribution in [3.8, 4) is 0 Å². The molecule has 1 aliphatic heterocycles. The lowest BCUT2D eigenvalue weighted by Gasteiger charge is -2.21. The maximum Gasteiger partial charge on any atom is 0.221 e. The second-order valence-corrected chi connectivity index (χ2v) is 6.04. The number of benzene rings is 1. The molecule has 0 spiro atoms. The molecule has 1 aliphatic rings. The van der Waals surface area contributed by atoms with Gasteiger partial charge in [-0.3, -0.25) is 9.59 Å². The van der Waals surface area contributed by atoms with Crippen LogP contribution >= 0.6 is 0 Å². The SMILES string of the molecule is CC(=O)N(CCC(=O)NCC1CCCO1)CCc1ccccc1F. The highest BCUT2D eigenvalue weighted by molar-refractivity contribution is 5.78. The van der Waals surface area contributed by atoms with Crippen molar-refractivity contribution in [2.75, 3.05) is 26.2 Å². The van der Waals surface area contributed by atoms with Gasteiger partial charge in [0, 0.05) is 39.6 Å². The number of carbonyl (C=O) groups is 2. The molecule has 6 heteroatoms. The standard InChI is InChI=1S/C18H25FN2O3/c1-14(22)21(10-8-15-5-2-3-7-17(15)19)11-9-18(23)20-13-16-6-4-12-24-16/h2-3,5,7,16H,4,6,8-13H2,1H3,(H,20,23). The predicted molar refractivity (Wildman–Crippen MR) is 89.0 cm³/mol.